The summed E-state index contributed by atoms with van der Waals surface area (Å²) in [6.07, 6.45) is 5.89. The van der Waals surface area contributed by atoms with Crippen LogP contribution in [0, 0.1) is 6.92 Å². The Morgan fingerprint density at radius 2 is 1.76 bits per heavy atom. The average molecular weight is 497 g/mol. The number of hydrogen-bond donors (Lipinski definition) is 0. The second-order valence-corrected chi connectivity index (χ2v) is 10.3. The molecule has 0 amide bonds. The number of imidazole rings is 1. The molecule has 6 heterocycles. The fourth-order valence-electron chi connectivity index (χ4n) is 6.06. The average Bonchev–Trinajstić information content (AvgIpc) is 3.69. The summed E-state index contributed by atoms with van der Waals surface area (Å²) >= 11 is 0. The van der Waals surface area contributed by atoms with Gasteiger partial charge in [-0.15, -0.1) is 5.10 Å². The number of ether oxygens (including phenoxy) is 2. The normalized spacial score (nSPS) is 21.4. The summed E-state index contributed by atoms with van der Waals surface area (Å²) < 4.78 is 13.7. The van der Waals surface area contributed by atoms with Gasteiger partial charge in [0.25, 0.3) is 0 Å². The van der Waals surface area contributed by atoms with E-state index in [1.807, 2.05) is 16.8 Å². The van der Waals surface area contributed by atoms with Crippen molar-refractivity contribution in [3.63, 3.8) is 0 Å². The number of pyridine rings is 1. The third-order valence-electron chi connectivity index (χ3n) is 7.98. The maximum atomic E-state index is 5.90. The second kappa shape index (κ2) is 9.11. The molecule has 0 radical (unpaired) electrons. The van der Waals surface area contributed by atoms with Crippen LogP contribution in [-0.4, -0.2) is 58.2 Å². The largest absolute Gasteiger partial charge is 0.356 e. The van der Waals surface area contributed by atoms with Gasteiger partial charge in [-0.3, -0.25) is 0 Å². The van der Waals surface area contributed by atoms with Gasteiger partial charge in [0.05, 0.1) is 31.1 Å². The number of anilines is 2. The van der Waals surface area contributed by atoms with E-state index in [-0.39, 0.29) is 5.79 Å². The lowest BCUT2D eigenvalue weighted by Crippen LogP contribution is -2.45. The maximum Gasteiger partial charge on any atom is 0.171 e. The minimum Gasteiger partial charge on any atom is -0.356 e. The monoisotopic (exact) mass is 496 g/mol. The van der Waals surface area contributed by atoms with Crippen LogP contribution in [-0.2, 0) is 9.47 Å². The molecule has 190 valence electrons. The van der Waals surface area contributed by atoms with Gasteiger partial charge in [0, 0.05) is 32.5 Å². The van der Waals surface area contributed by atoms with Gasteiger partial charge in [0.15, 0.2) is 11.4 Å². The lowest BCUT2D eigenvalue weighted by molar-refractivity contribution is -0.169. The van der Waals surface area contributed by atoms with Crippen LogP contribution in [0.3, 0.4) is 0 Å². The first-order valence-electron chi connectivity index (χ1n) is 13.4. The third-order valence-corrected chi connectivity index (χ3v) is 7.98. The number of rotatable bonds is 4. The lowest BCUT2D eigenvalue weighted by atomic mass is 10.0. The molecule has 4 aromatic rings. The van der Waals surface area contributed by atoms with Crippen LogP contribution >= 0.6 is 0 Å². The number of fused-ring (bicyclic) bond motifs is 1. The zero-order valence-electron chi connectivity index (χ0n) is 21.2. The van der Waals surface area contributed by atoms with Crippen molar-refractivity contribution in [3.8, 4) is 11.4 Å². The van der Waals surface area contributed by atoms with E-state index in [0.29, 0.717) is 19.3 Å². The molecule has 0 N–H and O–H groups in total. The quantitative estimate of drug-likeness (QED) is 0.403. The van der Waals surface area contributed by atoms with Crippen molar-refractivity contribution in [2.24, 2.45) is 0 Å². The Labute approximate surface area is 216 Å². The highest BCUT2D eigenvalue weighted by atomic mass is 16.7. The first-order valence-corrected chi connectivity index (χ1v) is 13.4. The summed E-state index contributed by atoms with van der Waals surface area (Å²) in [7, 11) is 0. The Morgan fingerprint density at radius 3 is 2.59 bits per heavy atom. The van der Waals surface area contributed by atoms with E-state index < -0.39 is 0 Å². The molecule has 1 atom stereocenters. The Hall–Kier alpha value is -3.49. The molecule has 37 heavy (non-hydrogen) atoms. The number of aryl methyl sites for hydroxylation is 1. The van der Waals surface area contributed by atoms with Crippen LogP contribution in [0.2, 0.25) is 0 Å². The minimum atomic E-state index is -0.387. The van der Waals surface area contributed by atoms with E-state index in [4.69, 9.17) is 19.6 Å². The van der Waals surface area contributed by atoms with Gasteiger partial charge in [0.1, 0.15) is 17.3 Å². The molecule has 3 aromatic heterocycles. The van der Waals surface area contributed by atoms with E-state index in [2.05, 4.69) is 70.2 Å². The van der Waals surface area contributed by atoms with Gasteiger partial charge in [-0.05, 0) is 49.6 Å². The van der Waals surface area contributed by atoms with Crippen LogP contribution in [0.15, 0.2) is 60.8 Å². The molecule has 0 aliphatic carbocycles. The number of nitrogens with zero attached hydrogens (tertiary/aromatic N) is 6. The number of piperidine rings is 1. The Balaban J connectivity index is 1.17. The number of benzene rings is 1. The first-order chi connectivity index (χ1) is 18.2. The van der Waals surface area contributed by atoms with Crippen molar-refractivity contribution in [1.82, 2.24) is 19.6 Å². The molecule has 1 unspecified atom stereocenters. The molecule has 3 aliphatic rings. The summed E-state index contributed by atoms with van der Waals surface area (Å²) in [6, 6.07) is 19.5. The van der Waals surface area contributed by atoms with Crippen molar-refractivity contribution < 1.29 is 9.47 Å². The van der Waals surface area contributed by atoms with Crippen molar-refractivity contribution in [3.05, 3.63) is 71.9 Å². The molecule has 0 bridgehead atoms. The smallest absolute Gasteiger partial charge is 0.171 e. The van der Waals surface area contributed by atoms with E-state index in [0.717, 1.165) is 74.0 Å². The highest BCUT2D eigenvalue weighted by molar-refractivity contribution is 5.62. The fourth-order valence-corrected chi connectivity index (χ4v) is 6.06. The summed E-state index contributed by atoms with van der Waals surface area (Å²) in [5.74, 6) is 1.56. The summed E-state index contributed by atoms with van der Waals surface area (Å²) in [6.45, 7) is 6.27. The molecule has 8 nitrogen and oxygen atoms in total. The van der Waals surface area contributed by atoms with E-state index in [1.54, 1.807) is 0 Å². The highest BCUT2D eigenvalue weighted by Crippen LogP contribution is 2.36. The highest BCUT2D eigenvalue weighted by Gasteiger charge is 2.40. The van der Waals surface area contributed by atoms with Crippen LogP contribution < -0.4 is 9.80 Å². The molecule has 7 rings (SSSR count). The van der Waals surface area contributed by atoms with Gasteiger partial charge in [-0.2, -0.15) is 0 Å². The van der Waals surface area contributed by atoms with Crippen molar-refractivity contribution in [2.45, 2.75) is 44.4 Å². The summed E-state index contributed by atoms with van der Waals surface area (Å²) in [5, 5.41) is 5.08. The van der Waals surface area contributed by atoms with E-state index in [1.165, 1.54) is 11.1 Å². The minimum absolute atomic E-state index is 0.341. The predicted molar refractivity (Wildman–Crippen MR) is 143 cm³/mol. The molecule has 1 aromatic carbocycles. The van der Waals surface area contributed by atoms with Gasteiger partial charge in [0.2, 0.25) is 0 Å². The Morgan fingerprint density at radius 1 is 0.919 bits per heavy atom. The molecule has 1 spiro atoms. The van der Waals surface area contributed by atoms with Gasteiger partial charge < -0.3 is 19.3 Å². The molecular formula is C29H32N6O2. The number of aromatic nitrogens is 4. The summed E-state index contributed by atoms with van der Waals surface area (Å²) in [5.41, 5.74) is 5.26. The molecular weight excluding hydrogens is 464 g/mol. The third kappa shape index (κ3) is 4.14. The lowest BCUT2D eigenvalue weighted by Gasteiger charge is -2.38. The van der Waals surface area contributed by atoms with Crippen LogP contribution in [0.1, 0.15) is 42.9 Å². The van der Waals surface area contributed by atoms with Crippen LogP contribution in [0.25, 0.3) is 17.0 Å². The first kappa shape index (κ1) is 22.7. The zero-order chi connectivity index (χ0) is 24.8. The van der Waals surface area contributed by atoms with Crippen molar-refractivity contribution in [2.75, 3.05) is 42.6 Å². The molecule has 8 heteroatoms. The van der Waals surface area contributed by atoms with Crippen LogP contribution in [0.5, 0.6) is 0 Å². The summed E-state index contributed by atoms with van der Waals surface area (Å²) in [4.78, 5) is 14.4. The van der Waals surface area contributed by atoms with E-state index >= 15 is 0 Å². The SMILES string of the molecule is Cc1cccc(C2CCCN2c2ccc3ncc(-c4cccc(N5CCC6(CC5)OCCO6)n4)n3n2)c1. The van der Waals surface area contributed by atoms with Crippen LogP contribution in [0.4, 0.5) is 11.6 Å². The Kier molecular flexibility index (Phi) is 5.59. The number of hydrogen-bond acceptors (Lipinski definition) is 7. The second-order valence-electron chi connectivity index (χ2n) is 10.3. The van der Waals surface area contributed by atoms with Gasteiger partial charge >= 0.3 is 0 Å². The van der Waals surface area contributed by atoms with E-state index in [9.17, 15) is 0 Å². The topological polar surface area (TPSA) is 68.0 Å². The van der Waals surface area contributed by atoms with Crippen molar-refractivity contribution >= 4 is 17.3 Å². The predicted octanol–water partition coefficient (Wildman–Crippen LogP) is 4.78. The fraction of sp³-hybridized carbons (Fsp3) is 0.414. The Bertz CT molecular complexity index is 1420. The van der Waals surface area contributed by atoms with Crippen molar-refractivity contribution in [1.29, 1.82) is 0 Å². The maximum absolute atomic E-state index is 5.90. The molecule has 3 saturated heterocycles. The van der Waals surface area contributed by atoms with Gasteiger partial charge in [-0.25, -0.2) is 14.5 Å². The zero-order valence-corrected chi connectivity index (χ0v) is 21.2. The van der Waals surface area contributed by atoms with Gasteiger partial charge in [-0.1, -0.05) is 35.9 Å². The molecule has 3 aliphatic heterocycles. The standard InChI is InChI=1S/C29H32N6O2/c1-21-5-2-6-22(19-21)24-8-4-14-34(24)28-11-10-26-30-20-25(35(26)32-28)23-7-3-9-27(31-23)33-15-12-29(13-16-33)36-17-18-37-29/h2-3,5-7,9-11,19-20,24H,4,8,12-18H2,1H3. The molecule has 0 saturated carbocycles. The molecule has 3 fully saturated rings.